The normalized spacial score (nSPS) is 10.3. The highest BCUT2D eigenvalue weighted by molar-refractivity contribution is 5.96. The van der Waals surface area contributed by atoms with Crippen LogP contribution in [0.5, 0.6) is 11.5 Å². The number of nitrogens with one attached hydrogen (secondary N) is 3. The van der Waals surface area contributed by atoms with E-state index in [0.29, 0.717) is 17.3 Å². The molecular formula is C20H25N5O5. The number of carbonyl (C=O) groups excluding carboxylic acids is 3. The maximum atomic E-state index is 12.2. The molecule has 0 saturated heterocycles. The third-order valence-corrected chi connectivity index (χ3v) is 3.94. The summed E-state index contributed by atoms with van der Waals surface area (Å²) >= 11 is 0. The van der Waals surface area contributed by atoms with E-state index in [2.05, 4.69) is 21.2 Å². The molecule has 0 aliphatic carbocycles. The molecule has 2 aromatic rings. The second kappa shape index (κ2) is 10.8. The fourth-order valence-corrected chi connectivity index (χ4v) is 2.56. The summed E-state index contributed by atoms with van der Waals surface area (Å²) in [5.41, 5.74) is 5.70. The highest BCUT2D eigenvalue weighted by atomic mass is 16.5. The number of benzene rings is 1. The van der Waals surface area contributed by atoms with Gasteiger partial charge in [-0.15, -0.1) is 0 Å². The number of hydrogen-bond donors (Lipinski definition) is 3. The van der Waals surface area contributed by atoms with E-state index >= 15 is 0 Å². The molecule has 10 nitrogen and oxygen atoms in total. The second-order valence-corrected chi connectivity index (χ2v) is 6.46. The van der Waals surface area contributed by atoms with E-state index in [-0.39, 0.29) is 24.6 Å². The molecule has 0 bridgehead atoms. The van der Waals surface area contributed by atoms with Crippen molar-refractivity contribution in [2.75, 3.05) is 39.7 Å². The number of aromatic nitrogens is 1. The Morgan fingerprint density at radius 3 is 2.33 bits per heavy atom. The molecule has 3 amide bonds. The van der Waals surface area contributed by atoms with Gasteiger partial charge in [-0.3, -0.25) is 30.1 Å². The van der Waals surface area contributed by atoms with Gasteiger partial charge in [0.05, 0.1) is 27.3 Å². The Kier molecular flexibility index (Phi) is 8.12. The molecular weight excluding hydrogens is 390 g/mol. The van der Waals surface area contributed by atoms with Gasteiger partial charge in [-0.1, -0.05) is 6.07 Å². The van der Waals surface area contributed by atoms with Crippen LogP contribution in [0.15, 0.2) is 36.4 Å². The Hall–Kier alpha value is -3.66. The summed E-state index contributed by atoms with van der Waals surface area (Å²) in [5, 5.41) is 2.66. The highest BCUT2D eigenvalue weighted by Gasteiger charge is 2.14. The van der Waals surface area contributed by atoms with Gasteiger partial charge < -0.3 is 14.8 Å². The molecule has 10 heteroatoms. The first-order valence-electron chi connectivity index (χ1n) is 9.05. The minimum atomic E-state index is -0.518. The average Bonchev–Trinajstić information content (AvgIpc) is 2.71. The molecule has 3 N–H and O–H groups in total. The Labute approximate surface area is 174 Å². The van der Waals surface area contributed by atoms with Gasteiger partial charge >= 0.3 is 0 Å². The van der Waals surface area contributed by atoms with Crippen molar-refractivity contribution in [3.63, 3.8) is 0 Å². The number of hydrogen-bond acceptors (Lipinski definition) is 7. The minimum Gasteiger partial charge on any atom is -0.493 e. The topological polar surface area (TPSA) is 122 Å². The molecule has 30 heavy (non-hydrogen) atoms. The van der Waals surface area contributed by atoms with Crippen molar-refractivity contribution in [3.05, 3.63) is 47.7 Å². The highest BCUT2D eigenvalue weighted by Crippen LogP contribution is 2.27. The predicted molar refractivity (Wildman–Crippen MR) is 110 cm³/mol. The number of hydrazine groups is 1. The lowest BCUT2D eigenvalue weighted by Crippen LogP contribution is -2.46. The molecule has 0 saturated carbocycles. The quantitative estimate of drug-likeness (QED) is 0.544. The molecule has 0 radical (unpaired) electrons. The summed E-state index contributed by atoms with van der Waals surface area (Å²) in [6.45, 7) is 1.70. The van der Waals surface area contributed by atoms with Crippen LogP contribution in [0.2, 0.25) is 0 Å². The number of likely N-dealkylation sites (N-methyl/N-ethyl adjacent to an activating group) is 1. The molecule has 0 atom stereocenters. The van der Waals surface area contributed by atoms with Gasteiger partial charge in [0.15, 0.2) is 11.5 Å². The van der Waals surface area contributed by atoms with Crippen molar-refractivity contribution in [3.8, 4) is 11.5 Å². The van der Waals surface area contributed by atoms with E-state index in [1.54, 1.807) is 31.3 Å². The lowest BCUT2D eigenvalue weighted by atomic mass is 10.2. The summed E-state index contributed by atoms with van der Waals surface area (Å²) in [7, 11) is 4.56. The molecule has 0 spiro atoms. The minimum absolute atomic E-state index is 0.0212. The molecule has 1 heterocycles. The van der Waals surface area contributed by atoms with Crippen LogP contribution < -0.4 is 25.6 Å². The van der Waals surface area contributed by atoms with E-state index in [1.165, 1.54) is 25.2 Å². The molecule has 0 fully saturated rings. The first kappa shape index (κ1) is 22.6. The zero-order valence-corrected chi connectivity index (χ0v) is 17.3. The number of pyridine rings is 1. The first-order chi connectivity index (χ1) is 14.3. The third-order valence-electron chi connectivity index (χ3n) is 3.94. The van der Waals surface area contributed by atoms with E-state index in [0.717, 1.165) is 5.69 Å². The smallest absolute Gasteiger partial charge is 0.269 e. The van der Waals surface area contributed by atoms with Crippen molar-refractivity contribution in [1.82, 2.24) is 20.7 Å². The van der Waals surface area contributed by atoms with Crippen LogP contribution >= 0.6 is 0 Å². The van der Waals surface area contributed by atoms with Crippen LogP contribution in [0.1, 0.15) is 16.1 Å². The van der Waals surface area contributed by atoms with E-state index < -0.39 is 11.8 Å². The molecule has 2 rings (SSSR count). The fourth-order valence-electron chi connectivity index (χ4n) is 2.56. The summed E-state index contributed by atoms with van der Waals surface area (Å²) < 4.78 is 10.3. The zero-order valence-electron chi connectivity index (χ0n) is 17.3. The van der Waals surface area contributed by atoms with Crippen molar-refractivity contribution < 1.29 is 23.9 Å². The number of carbonyl (C=O) groups is 3. The molecule has 0 aliphatic heterocycles. The van der Waals surface area contributed by atoms with Crippen molar-refractivity contribution in [2.24, 2.45) is 0 Å². The monoisotopic (exact) mass is 415 g/mol. The van der Waals surface area contributed by atoms with Crippen molar-refractivity contribution in [1.29, 1.82) is 0 Å². The standard InChI is InChI=1S/C20H25N5O5/c1-13-6-5-7-17(21-13)22-18(26)11-25(2)12-19(27)23-24-20(28)14-8-9-15(29-3)16(10-14)30-4/h5-10H,11-12H2,1-4H3,(H,23,27)(H,24,28)(H,21,22,26). The molecule has 1 aromatic carbocycles. The first-order valence-corrected chi connectivity index (χ1v) is 9.05. The number of rotatable bonds is 8. The van der Waals surface area contributed by atoms with Crippen LogP contribution in [-0.2, 0) is 9.59 Å². The fraction of sp³-hybridized carbons (Fsp3) is 0.300. The Morgan fingerprint density at radius 2 is 1.67 bits per heavy atom. The van der Waals surface area contributed by atoms with Crippen LogP contribution in [-0.4, -0.2) is 62.0 Å². The largest absolute Gasteiger partial charge is 0.493 e. The number of ether oxygens (including phenoxy) is 2. The van der Waals surface area contributed by atoms with Gasteiger partial charge in [0.1, 0.15) is 5.82 Å². The third kappa shape index (κ3) is 6.74. The number of amides is 3. The number of nitrogens with zero attached hydrogens (tertiary/aromatic N) is 2. The van der Waals surface area contributed by atoms with E-state index in [4.69, 9.17) is 9.47 Å². The summed E-state index contributed by atoms with van der Waals surface area (Å²) in [4.78, 5) is 42.0. The lowest BCUT2D eigenvalue weighted by molar-refractivity contribution is -0.123. The maximum absolute atomic E-state index is 12.2. The van der Waals surface area contributed by atoms with Crippen LogP contribution in [0.3, 0.4) is 0 Å². The van der Waals surface area contributed by atoms with Crippen molar-refractivity contribution >= 4 is 23.5 Å². The summed E-state index contributed by atoms with van der Waals surface area (Å²) in [5.74, 6) is 0.0185. The number of anilines is 1. The number of methoxy groups -OCH3 is 2. The molecule has 160 valence electrons. The maximum Gasteiger partial charge on any atom is 0.269 e. The van der Waals surface area contributed by atoms with Crippen LogP contribution in [0.25, 0.3) is 0 Å². The second-order valence-electron chi connectivity index (χ2n) is 6.46. The van der Waals surface area contributed by atoms with E-state index in [9.17, 15) is 14.4 Å². The Morgan fingerprint density at radius 1 is 0.967 bits per heavy atom. The van der Waals surface area contributed by atoms with Gasteiger partial charge in [-0.05, 0) is 44.3 Å². The zero-order chi connectivity index (χ0) is 22.1. The van der Waals surface area contributed by atoms with Gasteiger partial charge in [0, 0.05) is 11.3 Å². The SMILES string of the molecule is COc1ccc(C(=O)NNC(=O)CN(C)CC(=O)Nc2cccc(C)n2)cc1OC. The predicted octanol–water partition coefficient (Wildman–Crippen LogP) is 0.739. The van der Waals surface area contributed by atoms with Crippen LogP contribution in [0.4, 0.5) is 5.82 Å². The molecule has 0 aliphatic rings. The van der Waals surface area contributed by atoms with Crippen molar-refractivity contribution in [2.45, 2.75) is 6.92 Å². The van der Waals surface area contributed by atoms with Gasteiger partial charge in [0.25, 0.3) is 11.8 Å². The molecule has 0 unspecified atom stereocenters. The average molecular weight is 415 g/mol. The lowest BCUT2D eigenvalue weighted by Gasteiger charge is -2.16. The number of aryl methyl sites for hydroxylation is 1. The van der Waals surface area contributed by atoms with Gasteiger partial charge in [-0.2, -0.15) is 0 Å². The molecule has 1 aromatic heterocycles. The summed E-state index contributed by atoms with van der Waals surface area (Å²) in [6, 6.07) is 9.92. The van der Waals surface area contributed by atoms with Gasteiger partial charge in [-0.25, -0.2) is 4.98 Å². The Balaban J connectivity index is 1.79. The van der Waals surface area contributed by atoms with Gasteiger partial charge in [0.2, 0.25) is 5.91 Å². The Bertz CT molecular complexity index is 918. The van der Waals surface area contributed by atoms with Crippen LogP contribution in [0, 0.1) is 6.92 Å². The van der Waals surface area contributed by atoms with E-state index in [1.807, 2.05) is 13.0 Å². The summed E-state index contributed by atoms with van der Waals surface area (Å²) in [6.07, 6.45) is 0.